The van der Waals surface area contributed by atoms with Crippen molar-refractivity contribution in [2.24, 2.45) is 0 Å². The Morgan fingerprint density at radius 2 is 2.05 bits per heavy atom. The van der Waals surface area contributed by atoms with Gasteiger partial charge in [0.25, 0.3) is 0 Å². The maximum atomic E-state index is 5.23. The molecule has 19 heavy (non-hydrogen) atoms. The molecule has 0 saturated carbocycles. The van der Waals surface area contributed by atoms with Gasteiger partial charge in [0.2, 0.25) is 5.95 Å². The molecule has 6 heteroatoms. The highest BCUT2D eigenvalue weighted by Crippen LogP contribution is 2.17. The summed E-state index contributed by atoms with van der Waals surface area (Å²) in [6.45, 7) is 6.12. The van der Waals surface area contributed by atoms with E-state index in [4.69, 9.17) is 9.47 Å². The van der Waals surface area contributed by atoms with Crippen molar-refractivity contribution >= 4 is 11.8 Å². The monoisotopic (exact) mass is 268 g/mol. The van der Waals surface area contributed by atoms with Gasteiger partial charge < -0.3 is 19.7 Å². The molecular formula is C13H24N4O2. The highest BCUT2D eigenvalue weighted by molar-refractivity contribution is 5.45. The van der Waals surface area contributed by atoms with Gasteiger partial charge in [0.15, 0.2) is 0 Å². The number of ether oxygens (including phenoxy) is 2. The lowest BCUT2D eigenvalue weighted by atomic mass is 10.2. The minimum absolute atomic E-state index is 0.221. The molecule has 0 aliphatic carbocycles. The molecule has 0 aliphatic heterocycles. The van der Waals surface area contributed by atoms with Crippen molar-refractivity contribution in [2.45, 2.75) is 19.9 Å². The Hall–Kier alpha value is -1.40. The van der Waals surface area contributed by atoms with E-state index in [1.807, 2.05) is 20.0 Å². The average Bonchev–Trinajstić information content (AvgIpc) is 2.39. The summed E-state index contributed by atoms with van der Waals surface area (Å²) in [5.74, 6) is 1.51. The number of hydrogen-bond acceptors (Lipinski definition) is 6. The Kier molecular flexibility index (Phi) is 6.52. The third-order valence-electron chi connectivity index (χ3n) is 2.83. The van der Waals surface area contributed by atoms with Crippen LogP contribution < -0.4 is 10.2 Å². The molecule has 6 nitrogen and oxygen atoms in total. The average molecular weight is 268 g/mol. The molecule has 0 spiro atoms. The van der Waals surface area contributed by atoms with Gasteiger partial charge in [0, 0.05) is 39.6 Å². The molecule has 0 radical (unpaired) electrons. The summed E-state index contributed by atoms with van der Waals surface area (Å²) in [6, 6.07) is 2.20. The number of methoxy groups -OCH3 is 2. The zero-order valence-corrected chi connectivity index (χ0v) is 12.4. The minimum Gasteiger partial charge on any atom is -0.383 e. The van der Waals surface area contributed by atoms with Crippen molar-refractivity contribution in [3.8, 4) is 0 Å². The predicted octanol–water partition coefficient (Wildman–Crippen LogP) is 1.31. The molecule has 1 aromatic heterocycles. The van der Waals surface area contributed by atoms with E-state index < -0.39 is 0 Å². The quantitative estimate of drug-likeness (QED) is 0.767. The molecule has 1 rings (SSSR count). The summed E-state index contributed by atoms with van der Waals surface area (Å²) in [4.78, 5) is 11.0. The number of hydrogen-bond donors (Lipinski definition) is 1. The molecule has 1 aromatic rings. The molecule has 1 N–H and O–H groups in total. The molecule has 0 saturated heterocycles. The molecular weight excluding hydrogens is 244 g/mol. The first-order valence-electron chi connectivity index (χ1n) is 6.40. The second-order valence-corrected chi connectivity index (χ2v) is 4.43. The maximum Gasteiger partial charge on any atom is 0.224 e. The van der Waals surface area contributed by atoms with Gasteiger partial charge in [0.1, 0.15) is 5.82 Å². The van der Waals surface area contributed by atoms with Crippen LogP contribution in [0.15, 0.2) is 6.07 Å². The molecule has 108 valence electrons. The third kappa shape index (κ3) is 4.65. The van der Waals surface area contributed by atoms with Crippen LogP contribution in [0.25, 0.3) is 0 Å². The van der Waals surface area contributed by atoms with Crippen LogP contribution in [0, 0.1) is 6.92 Å². The Labute approximate surface area is 115 Å². The van der Waals surface area contributed by atoms with E-state index in [-0.39, 0.29) is 6.04 Å². The number of anilines is 2. The Morgan fingerprint density at radius 3 is 2.63 bits per heavy atom. The number of nitrogens with one attached hydrogen (secondary N) is 1. The lowest BCUT2D eigenvalue weighted by Gasteiger charge is -2.30. The fourth-order valence-corrected chi connectivity index (χ4v) is 1.89. The molecule has 1 unspecified atom stereocenters. The zero-order valence-electron chi connectivity index (χ0n) is 12.4. The molecule has 1 atom stereocenters. The van der Waals surface area contributed by atoms with E-state index in [1.54, 1.807) is 14.2 Å². The van der Waals surface area contributed by atoms with Crippen LogP contribution in [0.2, 0.25) is 0 Å². The van der Waals surface area contributed by atoms with Crippen LogP contribution in [0.1, 0.15) is 12.6 Å². The van der Waals surface area contributed by atoms with Gasteiger partial charge in [-0.1, -0.05) is 0 Å². The highest BCUT2D eigenvalue weighted by atomic mass is 16.5. The fraction of sp³-hybridized carbons (Fsp3) is 0.692. The van der Waals surface area contributed by atoms with Crippen molar-refractivity contribution in [2.75, 3.05) is 51.2 Å². The molecule has 0 aromatic carbocycles. The lowest BCUT2D eigenvalue weighted by molar-refractivity contribution is 0.170. The molecule has 0 amide bonds. The van der Waals surface area contributed by atoms with E-state index >= 15 is 0 Å². The van der Waals surface area contributed by atoms with Crippen molar-refractivity contribution in [3.05, 3.63) is 11.8 Å². The van der Waals surface area contributed by atoms with Crippen molar-refractivity contribution < 1.29 is 9.47 Å². The second kappa shape index (κ2) is 7.91. The van der Waals surface area contributed by atoms with E-state index in [0.717, 1.165) is 18.1 Å². The van der Waals surface area contributed by atoms with Gasteiger partial charge in [-0.2, -0.15) is 4.98 Å². The Bertz CT molecular complexity index is 387. The van der Waals surface area contributed by atoms with E-state index in [9.17, 15) is 0 Å². The zero-order chi connectivity index (χ0) is 14.3. The van der Waals surface area contributed by atoms with Crippen molar-refractivity contribution in [1.82, 2.24) is 9.97 Å². The van der Waals surface area contributed by atoms with Gasteiger partial charge in [0.05, 0.1) is 19.3 Å². The first-order chi connectivity index (χ1) is 9.12. The van der Waals surface area contributed by atoms with E-state index in [0.29, 0.717) is 19.2 Å². The maximum absolute atomic E-state index is 5.23. The summed E-state index contributed by atoms with van der Waals surface area (Å²) in [6.07, 6.45) is 0. The molecule has 0 aliphatic rings. The van der Waals surface area contributed by atoms with Gasteiger partial charge in [-0.15, -0.1) is 0 Å². The first-order valence-corrected chi connectivity index (χ1v) is 6.40. The number of aryl methyl sites for hydroxylation is 1. The summed E-state index contributed by atoms with van der Waals surface area (Å²) < 4.78 is 10.4. The SMILES string of the molecule is CNc1nc(C)cc(N(CCOC)C(C)COC)n1. The van der Waals surface area contributed by atoms with Gasteiger partial charge in [-0.3, -0.25) is 0 Å². The number of nitrogens with zero attached hydrogens (tertiary/aromatic N) is 3. The van der Waals surface area contributed by atoms with Crippen LogP contribution in [0.5, 0.6) is 0 Å². The Balaban J connectivity index is 2.97. The first kappa shape index (κ1) is 15.7. The summed E-state index contributed by atoms with van der Waals surface area (Å²) in [5.41, 5.74) is 0.932. The van der Waals surface area contributed by atoms with E-state index in [1.165, 1.54) is 0 Å². The van der Waals surface area contributed by atoms with Crippen LogP contribution in [-0.4, -0.2) is 57.0 Å². The van der Waals surface area contributed by atoms with Gasteiger partial charge >= 0.3 is 0 Å². The van der Waals surface area contributed by atoms with Gasteiger partial charge in [-0.25, -0.2) is 4.98 Å². The van der Waals surface area contributed by atoms with Gasteiger partial charge in [-0.05, 0) is 13.8 Å². The fourth-order valence-electron chi connectivity index (χ4n) is 1.89. The van der Waals surface area contributed by atoms with Crippen LogP contribution >= 0.6 is 0 Å². The van der Waals surface area contributed by atoms with Crippen LogP contribution in [-0.2, 0) is 9.47 Å². The Morgan fingerprint density at radius 1 is 1.32 bits per heavy atom. The molecule has 1 heterocycles. The second-order valence-electron chi connectivity index (χ2n) is 4.43. The highest BCUT2D eigenvalue weighted by Gasteiger charge is 2.16. The standard InChI is InChI=1S/C13H24N4O2/c1-10-8-12(16-13(14-3)15-10)17(6-7-18-4)11(2)9-19-5/h8,11H,6-7,9H2,1-5H3,(H,14,15,16). The molecule has 0 fully saturated rings. The lowest BCUT2D eigenvalue weighted by Crippen LogP contribution is -2.39. The summed E-state index contributed by atoms with van der Waals surface area (Å²) in [5, 5.41) is 2.98. The largest absolute Gasteiger partial charge is 0.383 e. The molecule has 0 bridgehead atoms. The van der Waals surface area contributed by atoms with Crippen LogP contribution in [0.3, 0.4) is 0 Å². The van der Waals surface area contributed by atoms with E-state index in [2.05, 4.69) is 27.1 Å². The number of aromatic nitrogens is 2. The minimum atomic E-state index is 0.221. The summed E-state index contributed by atoms with van der Waals surface area (Å²) >= 11 is 0. The van der Waals surface area contributed by atoms with Crippen LogP contribution in [0.4, 0.5) is 11.8 Å². The summed E-state index contributed by atoms with van der Waals surface area (Å²) in [7, 11) is 5.22. The third-order valence-corrected chi connectivity index (χ3v) is 2.83. The smallest absolute Gasteiger partial charge is 0.224 e. The van der Waals surface area contributed by atoms with Crippen molar-refractivity contribution in [1.29, 1.82) is 0 Å². The topological polar surface area (TPSA) is 59.5 Å². The predicted molar refractivity (Wildman–Crippen MR) is 76.9 cm³/mol. The normalized spacial score (nSPS) is 12.3. The van der Waals surface area contributed by atoms with Crippen molar-refractivity contribution in [3.63, 3.8) is 0 Å². The number of rotatable bonds is 8.